The number of carbonyl (C=O) groups excluding carboxylic acids is 3. The molecule has 1 fully saturated rings. The molecule has 8 nitrogen and oxygen atoms in total. The number of ether oxygens (including phenoxy) is 1. The molecule has 1 heterocycles. The summed E-state index contributed by atoms with van der Waals surface area (Å²) >= 11 is 0. The first kappa shape index (κ1) is 25.6. The molecule has 0 aliphatic carbocycles. The first-order valence-corrected chi connectivity index (χ1v) is 11.4. The van der Waals surface area contributed by atoms with E-state index in [1.807, 2.05) is 34.6 Å². The van der Waals surface area contributed by atoms with Crippen LogP contribution in [0.2, 0.25) is 0 Å². The van der Waals surface area contributed by atoms with Crippen LogP contribution in [0.3, 0.4) is 0 Å². The van der Waals surface area contributed by atoms with E-state index in [0.717, 1.165) is 25.8 Å². The van der Waals surface area contributed by atoms with Gasteiger partial charge in [-0.15, -0.1) is 0 Å². The Balaban J connectivity index is 1.94. The third-order valence-electron chi connectivity index (χ3n) is 5.09. The Bertz CT molecular complexity index is 788. The number of hydrogen-bond acceptors (Lipinski definition) is 5. The van der Waals surface area contributed by atoms with E-state index in [4.69, 9.17) is 4.74 Å². The van der Waals surface area contributed by atoms with Crippen LogP contribution in [0.1, 0.15) is 64.2 Å². The van der Waals surface area contributed by atoms with Gasteiger partial charge >= 0.3 is 6.09 Å². The Hall–Kier alpha value is -2.61. The number of carbonyl (C=O) groups is 3. The molecule has 1 aromatic rings. The molecule has 1 unspecified atom stereocenters. The standard InChI is InChI=1S/C24H38N4O4/c1-17(2)14-25-22(30)19-11-6-7-12-20(19)27-21(29)16-28-13-9-8-10-18(28)15-26-23(31)32-24(3,4)5/h6-7,11-12,17-18H,8-10,13-16H2,1-5H3,(H,25,30)(H,26,31)(H,27,29). The molecule has 1 saturated heterocycles. The molecule has 0 radical (unpaired) electrons. The third-order valence-corrected chi connectivity index (χ3v) is 5.09. The van der Waals surface area contributed by atoms with Crippen molar-refractivity contribution in [2.75, 3.05) is 31.5 Å². The molecular weight excluding hydrogens is 408 g/mol. The van der Waals surface area contributed by atoms with Crippen molar-refractivity contribution in [2.45, 2.75) is 65.5 Å². The number of benzene rings is 1. The number of piperidine rings is 1. The van der Waals surface area contributed by atoms with Gasteiger partial charge in [-0.2, -0.15) is 0 Å². The van der Waals surface area contributed by atoms with Crippen LogP contribution in [0.4, 0.5) is 10.5 Å². The molecule has 1 aromatic carbocycles. The topological polar surface area (TPSA) is 99.8 Å². The fraction of sp³-hybridized carbons (Fsp3) is 0.625. The number of likely N-dealkylation sites (tertiary alicyclic amines) is 1. The third kappa shape index (κ3) is 8.86. The SMILES string of the molecule is CC(C)CNC(=O)c1ccccc1NC(=O)CN1CCCCC1CNC(=O)OC(C)(C)C. The molecule has 0 saturated carbocycles. The second kappa shape index (κ2) is 11.9. The lowest BCUT2D eigenvalue weighted by Gasteiger charge is -2.35. The van der Waals surface area contributed by atoms with Gasteiger partial charge in [-0.1, -0.05) is 32.4 Å². The summed E-state index contributed by atoms with van der Waals surface area (Å²) in [5.74, 6) is -0.0451. The lowest BCUT2D eigenvalue weighted by molar-refractivity contribution is -0.118. The van der Waals surface area contributed by atoms with Crippen molar-refractivity contribution in [1.82, 2.24) is 15.5 Å². The van der Waals surface area contributed by atoms with E-state index < -0.39 is 11.7 Å². The number of anilines is 1. The summed E-state index contributed by atoms with van der Waals surface area (Å²) in [5.41, 5.74) is 0.396. The molecular formula is C24H38N4O4. The quantitative estimate of drug-likeness (QED) is 0.568. The molecule has 1 aliphatic heterocycles. The number of nitrogens with zero attached hydrogens (tertiary/aromatic N) is 1. The lowest BCUT2D eigenvalue weighted by Crippen LogP contribution is -2.49. The van der Waals surface area contributed by atoms with Crippen LogP contribution in [-0.4, -0.2) is 60.6 Å². The van der Waals surface area contributed by atoms with Gasteiger partial charge in [0.15, 0.2) is 0 Å². The Morgan fingerprint density at radius 1 is 1.12 bits per heavy atom. The highest BCUT2D eigenvalue weighted by Crippen LogP contribution is 2.18. The smallest absolute Gasteiger partial charge is 0.407 e. The monoisotopic (exact) mass is 446 g/mol. The van der Waals surface area contributed by atoms with E-state index in [2.05, 4.69) is 20.9 Å². The second-order valence-corrected chi connectivity index (χ2v) is 9.70. The van der Waals surface area contributed by atoms with Crippen LogP contribution in [0.5, 0.6) is 0 Å². The Morgan fingerprint density at radius 2 is 1.84 bits per heavy atom. The van der Waals surface area contributed by atoms with Crippen molar-refractivity contribution < 1.29 is 19.1 Å². The van der Waals surface area contributed by atoms with Gasteiger partial charge in [0.25, 0.3) is 5.91 Å². The predicted octanol–water partition coefficient (Wildman–Crippen LogP) is 3.39. The summed E-state index contributed by atoms with van der Waals surface area (Å²) in [5, 5.41) is 8.60. The summed E-state index contributed by atoms with van der Waals surface area (Å²) in [6, 6.07) is 7.08. The first-order chi connectivity index (χ1) is 15.0. The highest BCUT2D eigenvalue weighted by atomic mass is 16.6. The molecule has 0 aromatic heterocycles. The Morgan fingerprint density at radius 3 is 2.53 bits per heavy atom. The largest absolute Gasteiger partial charge is 0.444 e. The van der Waals surface area contributed by atoms with Crippen molar-refractivity contribution in [3.8, 4) is 0 Å². The van der Waals surface area contributed by atoms with Gasteiger partial charge in [-0.05, 0) is 58.2 Å². The Labute approximate surface area is 191 Å². The first-order valence-electron chi connectivity index (χ1n) is 11.4. The zero-order chi connectivity index (χ0) is 23.7. The molecule has 32 heavy (non-hydrogen) atoms. The maximum Gasteiger partial charge on any atom is 0.407 e. The normalized spacial score (nSPS) is 17.0. The lowest BCUT2D eigenvalue weighted by atomic mass is 10.0. The summed E-state index contributed by atoms with van der Waals surface area (Å²) < 4.78 is 5.31. The average Bonchev–Trinajstić information content (AvgIpc) is 2.70. The van der Waals surface area contributed by atoms with Gasteiger partial charge in [-0.3, -0.25) is 14.5 Å². The minimum absolute atomic E-state index is 0.0617. The highest BCUT2D eigenvalue weighted by molar-refractivity contribution is 6.04. The van der Waals surface area contributed by atoms with Crippen molar-refractivity contribution in [3.05, 3.63) is 29.8 Å². The number of alkyl carbamates (subject to hydrolysis) is 1. The summed E-state index contributed by atoms with van der Waals surface area (Å²) in [4.78, 5) is 39.4. The van der Waals surface area contributed by atoms with Crippen LogP contribution in [0.25, 0.3) is 0 Å². The molecule has 1 atom stereocenters. The van der Waals surface area contributed by atoms with Gasteiger partial charge in [0, 0.05) is 19.1 Å². The molecule has 3 amide bonds. The molecule has 8 heteroatoms. The summed E-state index contributed by atoms with van der Waals surface area (Å²) in [7, 11) is 0. The molecule has 178 valence electrons. The van der Waals surface area contributed by atoms with Gasteiger partial charge in [-0.25, -0.2) is 4.79 Å². The molecule has 0 spiro atoms. The van der Waals surface area contributed by atoms with Gasteiger partial charge in [0.05, 0.1) is 17.8 Å². The summed E-state index contributed by atoms with van der Waals surface area (Å²) in [6.07, 6.45) is 2.51. The highest BCUT2D eigenvalue weighted by Gasteiger charge is 2.26. The maximum absolute atomic E-state index is 12.8. The minimum atomic E-state index is -0.551. The van der Waals surface area contributed by atoms with Crippen LogP contribution >= 0.6 is 0 Å². The number of para-hydroxylation sites is 1. The second-order valence-electron chi connectivity index (χ2n) is 9.70. The van der Waals surface area contributed by atoms with Crippen molar-refractivity contribution in [2.24, 2.45) is 5.92 Å². The van der Waals surface area contributed by atoms with Crippen LogP contribution < -0.4 is 16.0 Å². The number of nitrogens with one attached hydrogen (secondary N) is 3. The number of rotatable bonds is 8. The Kier molecular flexibility index (Phi) is 9.50. The van der Waals surface area contributed by atoms with E-state index >= 15 is 0 Å². The zero-order valence-corrected chi connectivity index (χ0v) is 20.0. The maximum atomic E-state index is 12.8. The van der Waals surface area contributed by atoms with E-state index in [9.17, 15) is 14.4 Å². The molecule has 3 N–H and O–H groups in total. The van der Waals surface area contributed by atoms with E-state index in [0.29, 0.717) is 30.3 Å². The van der Waals surface area contributed by atoms with Crippen LogP contribution in [-0.2, 0) is 9.53 Å². The van der Waals surface area contributed by atoms with Crippen molar-refractivity contribution >= 4 is 23.6 Å². The van der Waals surface area contributed by atoms with E-state index in [1.54, 1.807) is 24.3 Å². The zero-order valence-electron chi connectivity index (χ0n) is 20.0. The van der Waals surface area contributed by atoms with Crippen molar-refractivity contribution in [3.63, 3.8) is 0 Å². The molecule has 0 bridgehead atoms. The predicted molar refractivity (Wildman–Crippen MR) is 126 cm³/mol. The van der Waals surface area contributed by atoms with E-state index in [1.165, 1.54) is 0 Å². The molecule has 2 rings (SSSR count). The van der Waals surface area contributed by atoms with Gasteiger partial charge in [0.2, 0.25) is 5.91 Å². The fourth-order valence-electron chi connectivity index (χ4n) is 3.57. The molecule has 1 aliphatic rings. The van der Waals surface area contributed by atoms with Crippen LogP contribution in [0, 0.1) is 5.92 Å². The minimum Gasteiger partial charge on any atom is -0.444 e. The van der Waals surface area contributed by atoms with Crippen LogP contribution in [0.15, 0.2) is 24.3 Å². The number of hydrogen-bond donors (Lipinski definition) is 3. The number of amides is 3. The van der Waals surface area contributed by atoms with Gasteiger partial charge in [0.1, 0.15) is 5.60 Å². The average molecular weight is 447 g/mol. The van der Waals surface area contributed by atoms with Gasteiger partial charge < -0.3 is 20.7 Å². The van der Waals surface area contributed by atoms with Crippen molar-refractivity contribution in [1.29, 1.82) is 0 Å². The van der Waals surface area contributed by atoms with E-state index in [-0.39, 0.29) is 24.4 Å². The fourth-order valence-corrected chi connectivity index (χ4v) is 3.57. The summed E-state index contributed by atoms with van der Waals surface area (Å²) in [6.45, 7) is 11.5.